The van der Waals surface area contributed by atoms with Crippen molar-refractivity contribution in [3.05, 3.63) is 63.6 Å². The zero-order chi connectivity index (χ0) is 25.3. The van der Waals surface area contributed by atoms with Gasteiger partial charge in [-0.2, -0.15) is 0 Å². The first-order chi connectivity index (χ1) is 17.5. The van der Waals surface area contributed by atoms with Crippen LogP contribution in [0.15, 0.2) is 47.5 Å². The molecule has 0 aromatic heterocycles. The van der Waals surface area contributed by atoms with E-state index in [4.69, 9.17) is 33.9 Å². The molecule has 6 nitrogen and oxygen atoms in total. The van der Waals surface area contributed by atoms with Crippen molar-refractivity contribution in [2.24, 2.45) is 10.7 Å². The summed E-state index contributed by atoms with van der Waals surface area (Å²) in [6.45, 7) is 0.490. The van der Waals surface area contributed by atoms with Crippen LogP contribution in [0, 0.1) is 0 Å². The number of nitrogens with one attached hydrogen (secondary N) is 3. The molecular weight excluding hydrogens is 493 g/mol. The van der Waals surface area contributed by atoms with E-state index in [-0.39, 0.29) is 18.0 Å². The number of carbonyl (C=O) groups excluding carboxylic acids is 1. The third-order valence-electron chi connectivity index (χ3n) is 7.13. The van der Waals surface area contributed by atoms with Gasteiger partial charge >= 0.3 is 0 Å². The first-order valence-electron chi connectivity index (χ1n) is 13.2. The van der Waals surface area contributed by atoms with Gasteiger partial charge in [-0.15, -0.1) is 0 Å². The number of anilines is 1. The number of aliphatic imine (C=N–C) groups is 1. The molecule has 36 heavy (non-hydrogen) atoms. The number of guanidine groups is 1. The van der Waals surface area contributed by atoms with Crippen molar-refractivity contribution >= 4 is 40.8 Å². The van der Waals surface area contributed by atoms with E-state index < -0.39 is 0 Å². The number of halogens is 2. The Morgan fingerprint density at radius 3 is 2.39 bits per heavy atom. The smallest absolute Gasteiger partial charge is 0.251 e. The predicted molar refractivity (Wildman–Crippen MR) is 150 cm³/mol. The highest BCUT2D eigenvalue weighted by Gasteiger charge is 2.23. The normalized spacial score (nSPS) is 21.1. The van der Waals surface area contributed by atoms with Crippen LogP contribution < -0.4 is 21.7 Å². The summed E-state index contributed by atoms with van der Waals surface area (Å²) in [5.74, 6) is 0.676. The lowest BCUT2D eigenvalue weighted by atomic mass is 9.91. The molecule has 2 aliphatic rings. The summed E-state index contributed by atoms with van der Waals surface area (Å²) in [7, 11) is 0. The Bertz CT molecular complexity index is 1040. The molecule has 2 aromatic rings. The fourth-order valence-corrected chi connectivity index (χ4v) is 5.49. The van der Waals surface area contributed by atoms with E-state index in [1.807, 2.05) is 30.3 Å². The summed E-state index contributed by atoms with van der Waals surface area (Å²) in [5, 5.41) is 11.3. The molecule has 0 unspecified atom stereocenters. The van der Waals surface area contributed by atoms with Gasteiger partial charge in [-0.3, -0.25) is 4.79 Å². The minimum atomic E-state index is -0.117. The highest BCUT2D eigenvalue weighted by molar-refractivity contribution is 6.35. The lowest BCUT2D eigenvalue weighted by Crippen LogP contribution is -2.44. The Morgan fingerprint density at radius 1 is 0.944 bits per heavy atom. The molecule has 2 atom stereocenters. The molecule has 1 amide bonds. The minimum absolute atomic E-state index is 0.109. The monoisotopic (exact) mass is 529 g/mol. The molecule has 0 spiro atoms. The maximum Gasteiger partial charge on any atom is 0.251 e. The predicted octanol–water partition coefficient (Wildman–Crippen LogP) is 5.93. The van der Waals surface area contributed by atoms with Crippen LogP contribution >= 0.6 is 23.2 Å². The van der Waals surface area contributed by atoms with Gasteiger partial charge in [0, 0.05) is 39.9 Å². The summed E-state index contributed by atoms with van der Waals surface area (Å²) in [4.78, 5) is 17.6. The molecule has 0 bridgehead atoms. The van der Waals surface area contributed by atoms with Crippen LogP contribution in [-0.2, 0) is 6.42 Å². The number of carbonyl (C=O) groups is 1. The molecule has 2 aromatic carbocycles. The lowest BCUT2D eigenvalue weighted by molar-refractivity contribution is 0.0954. The fourth-order valence-electron chi connectivity index (χ4n) is 4.99. The summed E-state index contributed by atoms with van der Waals surface area (Å²) in [5.41, 5.74) is 8.83. The van der Waals surface area contributed by atoms with Crippen LogP contribution in [0.2, 0.25) is 10.0 Å². The average Bonchev–Trinajstić information content (AvgIpc) is 2.87. The number of hydrogen-bond acceptors (Lipinski definition) is 3. The number of amides is 1. The summed E-state index contributed by atoms with van der Waals surface area (Å²) in [6.07, 6.45) is 11.2. The number of benzene rings is 2. The Balaban J connectivity index is 1.35. The van der Waals surface area contributed by atoms with Crippen LogP contribution in [-0.4, -0.2) is 36.5 Å². The van der Waals surface area contributed by atoms with Gasteiger partial charge in [-0.05, 0) is 74.1 Å². The summed E-state index contributed by atoms with van der Waals surface area (Å²) >= 11 is 12.2. The number of nitrogens with two attached hydrogens (primary N) is 1. The quantitative estimate of drug-likeness (QED) is 0.264. The lowest BCUT2D eigenvalue weighted by Gasteiger charge is -2.29. The summed E-state index contributed by atoms with van der Waals surface area (Å²) in [6, 6.07) is 13.6. The van der Waals surface area contributed by atoms with Crippen molar-refractivity contribution in [1.82, 2.24) is 10.6 Å². The SMILES string of the molecule is N[C@@H]1CCCC[C@@H]1N=C(Nc1ccc(C(=O)NCCc2ccc(Cl)cc2Cl)cc1)NC1CCCCC1. The van der Waals surface area contributed by atoms with Crippen LogP contribution in [0.3, 0.4) is 0 Å². The zero-order valence-corrected chi connectivity index (χ0v) is 22.3. The third kappa shape index (κ3) is 7.86. The number of hydrogen-bond donors (Lipinski definition) is 4. The van der Waals surface area contributed by atoms with Crippen LogP contribution in [0.4, 0.5) is 5.69 Å². The molecule has 0 aliphatic heterocycles. The van der Waals surface area contributed by atoms with Gasteiger partial charge in [-0.25, -0.2) is 4.99 Å². The highest BCUT2D eigenvalue weighted by atomic mass is 35.5. The van der Waals surface area contributed by atoms with Crippen LogP contribution in [0.5, 0.6) is 0 Å². The van der Waals surface area contributed by atoms with Gasteiger partial charge < -0.3 is 21.7 Å². The third-order valence-corrected chi connectivity index (χ3v) is 7.71. The van der Waals surface area contributed by atoms with E-state index in [0.29, 0.717) is 34.6 Å². The molecule has 0 saturated heterocycles. The van der Waals surface area contributed by atoms with Gasteiger partial charge in [0.05, 0.1) is 6.04 Å². The standard InChI is InChI=1S/C28H37Cl2N5O/c29-21-13-10-19(24(30)18-21)16-17-32-27(36)20-11-14-23(15-12-20)34-28(33-22-6-2-1-3-7-22)35-26-9-5-4-8-25(26)31/h10-15,18,22,25-26H,1-9,16-17,31H2,(H,32,36)(H2,33,34,35)/t25-,26+/m1/s1. The Kier molecular flexibility index (Phi) is 9.90. The van der Waals surface area contributed by atoms with E-state index in [0.717, 1.165) is 42.9 Å². The van der Waals surface area contributed by atoms with E-state index in [1.165, 1.54) is 32.1 Å². The molecule has 2 aliphatic carbocycles. The number of rotatable bonds is 7. The van der Waals surface area contributed by atoms with Crippen molar-refractivity contribution in [2.75, 3.05) is 11.9 Å². The topological polar surface area (TPSA) is 91.5 Å². The Labute approximate surface area is 224 Å². The second kappa shape index (κ2) is 13.3. The number of nitrogens with zero attached hydrogens (tertiary/aromatic N) is 1. The van der Waals surface area contributed by atoms with Crippen molar-refractivity contribution in [2.45, 2.75) is 82.3 Å². The second-order valence-corrected chi connectivity index (χ2v) is 10.8. The van der Waals surface area contributed by atoms with Crippen molar-refractivity contribution in [3.63, 3.8) is 0 Å². The molecular formula is C28H37Cl2N5O. The average molecular weight is 531 g/mol. The maximum atomic E-state index is 12.6. The van der Waals surface area contributed by atoms with Gasteiger partial charge in [0.2, 0.25) is 0 Å². The van der Waals surface area contributed by atoms with Gasteiger partial charge in [0.1, 0.15) is 0 Å². The van der Waals surface area contributed by atoms with E-state index in [2.05, 4.69) is 16.0 Å². The van der Waals surface area contributed by atoms with Gasteiger partial charge in [0.25, 0.3) is 5.91 Å². The minimum Gasteiger partial charge on any atom is -0.353 e. The Hall–Kier alpha value is -2.28. The molecule has 0 radical (unpaired) electrons. The molecule has 4 rings (SSSR count). The second-order valence-electron chi connectivity index (χ2n) is 9.92. The largest absolute Gasteiger partial charge is 0.353 e. The van der Waals surface area contributed by atoms with E-state index in [9.17, 15) is 4.79 Å². The summed E-state index contributed by atoms with van der Waals surface area (Å²) < 4.78 is 0. The van der Waals surface area contributed by atoms with Crippen molar-refractivity contribution < 1.29 is 4.79 Å². The molecule has 194 valence electrons. The zero-order valence-electron chi connectivity index (χ0n) is 20.7. The molecule has 2 saturated carbocycles. The van der Waals surface area contributed by atoms with Crippen LogP contribution in [0.1, 0.15) is 73.7 Å². The highest BCUT2D eigenvalue weighted by Crippen LogP contribution is 2.22. The first kappa shape index (κ1) is 26.8. The fraction of sp³-hybridized carbons (Fsp3) is 0.500. The first-order valence-corrected chi connectivity index (χ1v) is 13.9. The van der Waals surface area contributed by atoms with Crippen molar-refractivity contribution in [1.29, 1.82) is 0 Å². The van der Waals surface area contributed by atoms with E-state index >= 15 is 0 Å². The molecule has 0 heterocycles. The molecule has 2 fully saturated rings. The Morgan fingerprint density at radius 2 is 1.67 bits per heavy atom. The van der Waals surface area contributed by atoms with Gasteiger partial charge in [0.15, 0.2) is 5.96 Å². The van der Waals surface area contributed by atoms with E-state index in [1.54, 1.807) is 12.1 Å². The van der Waals surface area contributed by atoms with Crippen molar-refractivity contribution in [3.8, 4) is 0 Å². The van der Waals surface area contributed by atoms with Gasteiger partial charge in [-0.1, -0.05) is 61.4 Å². The molecule has 8 heteroatoms. The van der Waals surface area contributed by atoms with Crippen LogP contribution in [0.25, 0.3) is 0 Å². The molecule has 5 N–H and O–H groups in total. The maximum absolute atomic E-state index is 12.6.